The maximum Gasteiger partial charge on any atom is 0.407 e. The normalized spacial score (nSPS) is 13.8. The van der Waals surface area contributed by atoms with Gasteiger partial charge >= 0.3 is 6.09 Å². The van der Waals surface area contributed by atoms with Gasteiger partial charge in [0, 0.05) is 31.2 Å². The first-order valence-electron chi connectivity index (χ1n) is 8.60. The van der Waals surface area contributed by atoms with Crippen LogP contribution < -0.4 is 15.5 Å². The predicted octanol–water partition coefficient (Wildman–Crippen LogP) is 4.11. The Hall–Kier alpha value is -2.69. The van der Waals surface area contributed by atoms with E-state index in [0.29, 0.717) is 13.1 Å². The molecule has 0 bridgehead atoms. The minimum absolute atomic E-state index is 0.386. The molecule has 0 spiro atoms. The fourth-order valence-corrected chi connectivity index (χ4v) is 2.89. The van der Waals surface area contributed by atoms with Crippen LogP contribution in [0.3, 0.4) is 0 Å². The molecule has 0 radical (unpaired) electrons. The van der Waals surface area contributed by atoms with Gasteiger partial charge in [0.15, 0.2) is 0 Å². The summed E-state index contributed by atoms with van der Waals surface area (Å²) in [4.78, 5) is 14.0. The van der Waals surface area contributed by atoms with Crippen molar-refractivity contribution in [2.45, 2.75) is 26.4 Å². The van der Waals surface area contributed by atoms with E-state index in [9.17, 15) is 4.79 Å². The van der Waals surface area contributed by atoms with Crippen molar-refractivity contribution in [3.05, 3.63) is 48.7 Å². The lowest BCUT2D eigenvalue weighted by Crippen LogP contribution is -2.36. The summed E-state index contributed by atoms with van der Waals surface area (Å²) in [6.07, 6.45) is 3.76. The van der Waals surface area contributed by atoms with Gasteiger partial charge in [-0.25, -0.2) is 4.79 Å². The van der Waals surface area contributed by atoms with Crippen LogP contribution in [0.1, 0.15) is 20.8 Å². The standard InChI is InChI=1S/C20H25N3O2/c1-20(2,3)25-19(24)22-12-14-23-13-6-11-21-18-16-8-5-4-7-15(16)9-10-17(18)23/h4-10,13,21H,11-12,14H2,1-3H3,(H,22,24). The summed E-state index contributed by atoms with van der Waals surface area (Å²) < 4.78 is 5.28. The summed E-state index contributed by atoms with van der Waals surface area (Å²) in [5.74, 6) is 0. The molecule has 2 aromatic rings. The van der Waals surface area contributed by atoms with Gasteiger partial charge in [0.05, 0.1) is 11.4 Å². The fraction of sp³-hybridized carbons (Fsp3) is 0.350. The average Bonchev–Trinajstić information content (AvgIpc) is 2.76. The molecule has 1 aliphatic rings. The highest BCUT2D eigenvalue weighted by Crippen LogP contribution is 2.35. The van der Waals surface area contributed by atoms with E-state index in [1.807, 2.05) is 26.8 Å². The van der Waals surface area contributed by atoms with E-state index in [4.69, 9.17) is 4.74 Å². The number of amides is 1. The molecule has 0 atom stereocenters. The first-order valence-corrected chi connectivity index (χ1v) is 8.60. The molecule has 5 nitrogen and oxygen atoms in total. The number of ether oxygens (including phenoxy) is 1. The molecule has 2 N–H and O–H groups in total. The van der Waals surface area contributed by atoms with E-state index in [-0.39, 0.29) is 6.09 Å². The topological polar surface area (TPSA) is 53.6 Å². The smallest absolute Gasteiger partial charge is 0.407 e. The van der Waals surface area contributed by atoms with Gasteiger partial charge in [0.2, 0.25) is 0 Å². The summed E-state index contributed by atoms with van der Waals surface area (Å²) in [6.45, 7) is 7.52. The second kappa shape index (κ2) is 7.05. The first kappa shape index (κ1) is 17.1. The van der Waals surface area contributed by atoms with Crippen LogP contribution in [0.4, 0.5) is 16.2 Å². The van der Waals surface area contributed by atoms with Crippen LogP contribution in [0.5, 0.6) is 0 Å². The van der Waals surface area contributed by atoms with Crippen molar-refractivity contribution < 1.29 is 9.53 Å². The van der Waals surface area contributed by atoms with E-state index < -0.39 is 5.60 Å². The number of fused-ring (bicyclic) bond motifs is 3. The lowest BCUT2D eigenvalue weighted by Gasteiger charge is -2.24. The van der Waals surface area contributed by atoms with Gasteiger partial charge in [-0.2, -0.15) is 0 Å². The number of hydrogen-bond acceptors (Lipinski definition) is 4. The van der Waals surface area contributed by atoms with Crippen LogP contribution in [0, 0.1) is 0 Å². The molecule has 0 aliphatic carbocycles. The molecule has 1 amide bonds. The largest absolute Gasteiger partial charge is 0.444 e. The quantitative estimate of drug-likeness (QED) is 0.883. The second-order valence-electron chi connectivity index (χ2n) is 7.07. The number of carbonyl (C=O) groups excluding carboxylic acids is 1. The molecule has 5 heteroatoms. The second-order valence-corrected chi connectivity index (χ2v) is 7.07. The van der Waals surface area contributed by atoms with Crippen molar-refractivity contribution in [1.82, 2.24) is 5.32 Å². The Kier molecular flexibility index (Phi) is 4.83. The van der Waals surface area contributed by atoms with E-state index >= 15 is 0 Å². The Bertz CT molecular complexity index is 793. The van der Waals surface area contributed by atoms with Crippen molar-refractivity contribution >= 4 is 28.2 Å². The third-order valence-corrected chi connectivity index (χ3v) is 3.92. The molecule has 0 saturated heterocycles. The van der Waals surface area contributed by atoms with Crippen molar-refractivity contribution in [3.63, 3.8) is 0 Å². The number of hydrogen-bond donors (Lipinski definition) is 2. The molecular weight excluding hydrogens is 314 g/mol. The number of benzene rings is 2. The van der Waals surface area contributed by atoms with Gasteiger partial charge in [-0.1, -0.05) is 30.3 Å². The molecule has 0 aromatic heterocycles. The molecule has 3 rings (SSSR count). The Morgan fingerprint density at radius 1 is 1.24 bits per heavy atom. The third kappa shape index (κ3) is 4.24. The summed E-state index contributed by atoms with van der Waals surface area (Å²) in [5, 5.41) is 8.72. The monoisotopic (exact) mass is 339 g/mol. The molecule has 0 unspecified atom stereocenters. The SMILES string of the molecule is CC(C)(C)OC(=O)NCCN1C=CCNc2c1ccc1ccccc21. The number of nitrogens with zero attached hydrogens (tertiary/aromatic N) is 1. The van der Waals surface area contributed by atoms with Crippen LogP contribution >= 0.6 is 0 Å². The molecule has 2 aromatic carbocycles. The molecule has 132 valence electrons. The number of anilines is 2. The van der Waals surface area contributed by atoms with Gasteiger partial charge < -0.3 is 20.3 Å². The first-order chi connectivity index (χ1) is 11.9. The van der Waals surface area contributed by atoms with E-state index in [1.165, 1.54) is 10.8 Å². The summed E-state index contributed by atoms with van der Waals surface area (Å²) in [5.41, 5.74) is 1.75. The Morgan fingerprint density at radius 3 is 2.84 bits per heavy atom. The summed E-state index contributed by atoms with van der Waals surface area (Å²) >= 11 is 0. The van der Waals surface area contributed by atoms with Gasteiger partial charge in [-0.3, -0.25) is 0 Å². The Labute approximate surface area is 148 Å². The Balaban J connectivity index is 1.73. The van der Waals surface area contributed by atoms with Gasteiger partial charge in [-0.15, -0.1) is 0 Å². The van der Waals surface area contributed by atoms with Crippen LogP contribution in [0.25, 0.3) is 10.8 Å². The predicted molar refractivity (Wildman–Crippen MR) is 103 cm³/mol. The van der Waals surface area contributed by atoms with Crippen molar-refractivity contribution in [1.29, 1.82) is 0 Å². The molecule has 25 heavy (non-hydrogen) atoms. The van der Waals surface area contributed by atoms with E-state index in [1.54, 1.807) is 0 Å². The molecule has 0 fully saturated rings. The van der Waals surface area contributed by atoms with E-state index in [2.05, 4.69) is 58.1 Å². The lowest BCUT2D eigenvalue weighted by molar-refractivity contribution is 0.0529. The van der Waals surface area contributed by atoms with E-state index in [0.717, 1.165) is 17.9 Å². The zero-order chi connectivity index (χ0) is 17.9. The average molecular weight is 339 g/mol. The van der Waals surface area contributed by atoms with Gasteiger partial charge in [-0.05, 0) is 38.3 Å². The van der Waals surface area contributed by atoms with Gasteiger partial charge in [0.25, 0.3) is 0 Å². The molecule has 1 aliphatic heterocycles. The lowest BCUT2D eigenvalue weighted by atomic mass is 10.1. The number of nitrogens with one attached hydrogen (secondary N) is 2. The van der Waals surface area contributed by atoms with Crippen molar-refractivity contribution in [3.8, 4) is 0 Å². The molecular formula is C20H25N3O2. The summed E-state index contributed by atoms with van der Waals surface area (Å²) in [6, 6.07) is 12.6. The summed E-state index contributed by atoms with van der Waals surface area (Å²) in [7, 11) is 0. The zero-order valence-electron chi connectivity index (χ0n) is 15.0. The van der Waals surface area contributed by atoms with Crippen LogP contribution in [0.15, 0.2) is 48.7 Å². The number of rotatable bonds is 3. The van der Waals surface area contributed by atoms with Crippen molar-refractivity contribution in [2.75, 3.05) is 29.9 Å². The molecule has 1 heterocycles. The minimum Gasteiger partial charge on any atom is -0.444 e. The molecule has 0 saturated carbocycles. The highest BCUT2D eigenvalue weighted by Gasteiger charge is 2.17. The maximum absolute atomic E-state index is 11.8. The number of alkyl carbamates (subject to hydrolysis) is 1. The number of carbonyl (C=O) groups is 1. The zero-order valence-corrected chi connectivity index (χ0v) is 15.0. The highest BCUT2D eigenvalue weighted by atomic mass is 16.6. The third-order valence-electron chi connectivity index (χ3n) is 3.92. The minimum atomic E-state index is -0.484. The van der Waals surface area contributed by atoms with Gasteiger partial charge in [0.1, 0.15) is 5.60 Å². The van der Waals surface area contributed by atoms with Crippen LogP contribution in [-0.2, 0) is 4.74 Å². The van der Waals surface area contributed by atoms with Crippen LogP contribution in [-0.4, -0.2) is 31.3 Å². The fourth-order valence-electron chi connectivity index (χ4n) is 2.89. The van der Waals surface area contributed by atoms with Crippen molar-refractivity contribution in [2.24, 2.45) is 0 Å². The highest BCUT2D eigenvalue weighted by molar-refractivity contribution is 6.00. The Morgan fingerprint density at radius 2 is 2.04 bits per heavy atom. The maximum atomic E-state index is 11.8. The van der Waals surface area contributed by atoms with Crippen LogP contribution in [0.2, 0.25) is 0 Å².